The van der Waals surface area contributed by atoms with Gasteiger partial charge in [-0.3, -0.25) is 4.79 Å². The van der Waals surface area contributed by atoms with Crippen molar-refractivity contribution in [2.75, 3.05) is 18.4 Å². The molecule has 1 amide bonds. The van der Waals surface area contributed by atoms with Crippen LogP contribution in [-0.2, 0) is 21.2 Å². The highest BCUT2D eigenvalue weighted by molar-refractivity contribution is 7.89. The maximum atomic E-state index is 12.5. The Morgan fingerprint density at radius 3 is 2.67 bits per heavy atom. The number of nitrogens with zero attached hydrogens (tertiary/aromatic N) is 1. The van der Waals surface area contributed by atoms with Gasteiger partial charge in [0.1, 0.15) is 6.10 Å². The quantitative estimate of drug-likeness (QED) is 0.532. The predicted octanol–water partition coefficient (Wildman–Crippen LogP) is 2.07. The van der Waals surface area contributed by atoms with Crippen molar-refractivity contribution in [2.45, 2.75) is 17.4 Å². The van der Waals surface area contributed by atoms with Crippen molar-refractivity contribution in [3.8, 4) is 5.88 Å². The zero-order chi connectivity index (χ0) is 21.3. The first kappa shape index (κ1) is 20.5. The topological polar surface area (TPSA) is 123 Å². The first-order chi connectivity index (χ1) is 14.3. The molecule has 1 aliphatic rings. The van der Waals surface area contributed by atoms with Crippen LogP contribution in [-0.4, -0.2) is 38.5 Å². The standard InChI is InChI=1S/C20H19ClN4O4S/c21-17-4-2-1-3-12(17)7-19(26)25-13-8-16-15(18(9-13)30(22,27)28)5-6-24-20(16)29-14-10-23-11-14/h1-6,8-9,14,23H,7,10-11H2,(H,25,26)(H2,22,27,28). The number of hydrogen-bond acceptors (Lipinski definition) is 6. The molecule has 1 aliphatic heterocycles. The molecule has 2 aromatic carbocycles. The maximum Gasteiger partial charge on any atom is 0.238 e. The van der Waals surface area contributed by atoms with E-state index >= 15 is 0 Å². The summed E-state index contributed by atoms with van der Waals surface area (Å²) in [7, 11) is -4.06. The van der Waals surface area contributed by atoms with Gasteiger partial charge in [0.2, 0.25) is 21.8 Å². The van der Waals surface area contributed by atoms with Crippen LogP contribution in [0.25, 0.3) is 10.8 Å². The van der Waals surface area contributed by atoms with Crippen molar-refractivity contribution in [1.82, 2.24) is 10.3 Å². The van der Waals surface area contributed by atoms with Gasteiger partial charge in [-0.2, -0.15) is 0 Å². The molecule has 1 aromatic heterocycles. The molecular formula is C20H19ClN4O4S. The average molecular weight is 447 g/mol. The van der Waals surface area contributed by atoms with Crippen LogP contribution < -0.4 is 20.5 Å². The van der Waals surface area contributed by atoms with E-state index in [4.69, 9.17) is 21.5 Å². The number of carbonyl (C=O) groups excluding carboxylic acids is 1. The van der Waals surface area contributed by atoms with Crippen LogP contribution in [0.2, 0.25) is 5.02 Å². The minimum absolute atomic E-state index is 0.0343. The average Bonchev–Trinajstić information content (AvgIpc) is 2.65. The lowest BCUT2D eigenvalue weighted by molar-refractivity contribution is -0.115. The number of nitrogens with two attached hydrogens (primary N) is 1. The second kappa shape index (κ2) is 8.19. The lowest BCUT2D eigenvalue weighted by Crippen LogP contribution is -2.50. The number of halogens is 1. The molecule has 0 aliphatic carbocycles. The number of aromatic nitrogens is 1. The molecule has 1 fully saturated rings. The highest BCUT2D eigenvalue weighted by Crippen LogP contribution is 2.32. The Labute approximate surface area is 178 Å². The minimum atomic E-state index is -4.06. The normalized spacial score (nSPS) is 14.3. The molecule has 0 saturated carbocycles. The summed E-state index contributed by atoms with van der Waals surface area (Å²) >= 11 is 6.12. The highest BCUT2D eigenvalue weighted by Gasteiger charge is 2.22. The van der Waals surface area contributed by atoms with Crippen LogP contribution in [0.15, 0.2) is 53.6 Å². The Morgan fingerprint density at radius 2 is 2.00 bits per heavy atom. The van der Waals surface area contributed by atoms with Gasteiger partial charge in [-0.25, -0.2) is 18.5 Å². The number of sulfonamides is 1. The van der Waals surface area contributed by atoms with Gasteiger partial charge in [-0.1, -0.05) is 29.8 Å². The fraction of sp³-hybridized carbons (Fsp3) is 0.200. The zero-order valence-corrected chi connectivity index (χ0v) is 17.3. The molecule has 0 bridgehead atoms. The summed E-state index contributed by atoms with van der Waals surface area (Å²) in [5.41, 5.74) is 0.931. The second-order valence-electron chi connectivity index (χ2n) is 6.95. The first-order valence-corrected chi connectivity index (χ1v) is 11.1. The van der Waals surface area contributed by atoms with Gasteiger partial charge >= 0.3 is 0 Å². The van der Waals surface area contributed by atoms with Crippen molar-refractivity contribution in [3.63, 3.8) is 0 Å². The molecule has 1 saturated heterocycles. The Hall–Kier alpha value is -2.72. The lowest BCUT2D eigenvalue weighted by Gasteiger charge is -2.27. The van der Waals surface area contributed by atoms with E-state index in [9.17, 15) is 13.2 Å². The fourth-order valence-corrected chi connectivity index (χ4v) is 4.13. The Balaban J connectivity index is 1.71. The van der Waals surface area contributed by atoms with Crippen molar-refractivity contribution in [1.29, 1.82) is 0 Å². The van der Waals surface area contributed by atoms with Gasteiger partial charge in [-0.15, -0.1) is 0 Å². The van der Waals surface area contributed by atoms with E-state index in [2.05, 4.69) is 15.6 Å². The third-order valence-corrected chi connectivity index (χ3v) is 6.05. The number of benzene rings is 2. The van der Waals surface area contributed by atoms with Crippen LogP contribution in [0.5, 0.6) is 5.88 Å². The number of primary sulfonamides is 1. The molecule has 0 unspecified atom stereocenters. The molecule has 0 radical (unpaired) electrons. The molecule has 3 aromatic rings. The third-order valence-electron chi connectivity index (χ3n) is 4.73. The van der Waals surface area contributed by atoms with E-state index in [0.717, 1.165) is 0 Å². The van der Waals surface area contributed by atoms with E-state index in [0.29, 0.717) is 34.4 Å². The first-order valence-electron chi connectivity index (χ1n) is 9.17. The third kappa shape index (κ3) is 4.39. The molecule has 4 rings (SSSR count). The molecule has 2 heterocycles. The number of amides is 1. The highest BCUT2D eigenvalue weighted by atomic mass is 35.5. The van der Waals surface area contributed by atoms with Gasteiger partial charge in [0.25, 0.3) is 0 Å². The lowest BCUT2D eigenvalue weighted by atomic mass is 10.1. The smallest absolute Gasteiger partial charge is 0.238 e. The number of rotatable bonds is 6. The molecule has 10 heteroatoms. The van der Waals surface area contributed by atoms with Gasteiger partial charge in [0, 0.05) is 40.8 Å². The Morgan fingerprint density at radius 1 is 1.23 bits per heavy atom. The number of nitrogens with one attached hydrogen (secondary N) is 2. The van der Waals surface area contributed by atoms with Crippen molar-refractivity contribution in [2.24, 2.45) is 5.14 Å². The summed E-state index contributed by atoms with van der Waals surface area (Å²) in [5.74, 6) is -0.0662. The van der Waals surface area contributed by atoms with Crippen LogP contribution in [0.4, 0.5) is 5.69 Å². The summed E-state index contributed by atoms with van der Waals surface area (Å²) in [6.45, 7) is 1.35. The number of carbonyl (C=O) groups is 1. The summed E-state index contributed by atoms with van der Waals surface area (Å²) in [5, 5.41) is 12.5. The molecular weight excluding hydrogens is 428 g/mol. The van der Waals surface area contributed by atoms with E-state index in [1.807, 2.05) is 0 Å². The molecule has 4 N–H and O–H groups in total. The molecule has 156 valence electrons. The summed E-state index contributed by atoms with van der Waals surface area (Å²) in [6.07, 6.45) is 1.44. The van der Waals surface area contributed by atoms with E-state index in [1.165, 1.54) is 12.3 Å². The zero-order valence-electron chi connectivity index (χ0n) is 15.8. The van der Waals surface area contributed by atoms with E-state index in [-0.39, 0.29) is 34.9 Å². The summed E-state index contributed by atoms with van der Waals surface area (Å²) < 4.78 is 30.3. The van der Waals surface area contributed by atoms with E-state index in [1.54, 1.807) is 36.4 Å². The predicted molar refractivity (Wildman–Crippen MR) is 114 cm³/mol. The van der Waals surface area contributed by atoms with Crippen molar-refractivity contribution < 1.29 is 17.9 Å². The number of anilines is 1. The number of fused-ring (bicyclic) bond motifs is 1. The van der Waals surface area contributed by atoms with Crippen LogP contribution in [0.1, 0.15) is 5.56 Å². The fourth-order valence-electron chi connectivity index (χ4n) is 3.15. The molecule has 0 spiro atoms. The van der Waals surface area contributed by atoms with Gasteiger partial charge in [-0.05, 0) is 29.8 Å². The largest absolute Gasteiger partial charge is 0.471 e. The van der Waals surface area contributed by atoms with Gasteiger partial charge < -0.3 is 15.4 Å². The molecule has 0 atom stereocenters. The van der Waals surface area contributed by atoms with Crippen LogP contribution in [0, 0.1) is 0 Å². The summed E-state index contributed by atoms with van der Waals surface area (Å²) in [4.78, 5) is 16.7. The second-order valence-corrected chi connectivity index (χ2v) is 8.88. The van der Waals surface area contributed by atoms with Crippen LogP contribution in [0.3, 0.4) is 0 Å². The number of pyridine rings is 1. The molecule has 8 nitrogen and oxygen atoms in total. The van der Waals surface area contributed by atoms with Crippen molar-refractivity contribution >= 4 is 44.0 Å². The van der Waals surface area contributed by atoms with Crippen LogP contribution >= 0.6 is 11.6 Å². The Bertz CT molecular complexity index is 1230. The van der Waals surface area contributed by atoms with Gasteiger partial charge in [0.15, 0.2) is 0 Å². The Kier molecular flexibility index (Phi) is 5.61. The monoisotopic (exact) mass is 446 g/mol. The number of ether oxygens (including phenoxy) is 1. The SMILES string of the molecule is NS(=O)(=O)c1cc(NC(=O)Cc2ccccc2Cl)cc2c(OC3CNC3)nccc12. The summed E-state index contributed by atoms with van der Waals surface area (Å²) in [6, 6.07) is 11.5. The minimum Gasteiger partial charge on any atom is -0.471 e. The van der Waals surface area contributed by atoms with Gasteiger partial charge in [0.05, 0.1) is 11.3 Å². The van der Waals surface area contributed by atoms with E-state index < -0.39 is 10.0 Å². The van der Waals surface area contributed by atoms with Crippen molar-refractivity contribution in [3.05, 3.63) is 59.2 Å². The number of hydrogen-bond donors (Lipinski definition) is 3. The molecule has 30 heavy (non-hydrogen) atoms. The maximum absolute atomic E-state index is 12.5.